The van der Waals surface area contributed by atoms with E-state index in [1.54, 1.807) is 0 Å². The van der Waals surface area contributed by atoms with Gasteiger partial charge in [-0.3, -0.25) is 0 Å². The molecule has 1 aliphatic carbocycles. The third-order valence-corrected chi connectivity index (χ3v) is 14.5. The Labute approximate surface area is 394 Å². The molecule has 68 heavy (non-hydrogen) atoms. The fraction of sp³-hybridized carbons (Fsp3) is 0.0625. The SMILES string of the molecule is Cc1ccccc1C1=c2[nH]c(c3ccccc23)=C(c2ccccc2C)c2[nH]c(c3ccccc23)C(c2ccccc2C)=c2[nH]c(c3ccccc23)=C(c2ccccc2C)c2[nH]c1c1ccccc21. The number of rotatable bonds is 4. The predicted octanol–water partition coefficient (Wildman–Crippen LogP) is 12.1. The Morgan fingerprint density at radius 1 is 0.206 bits per heavy atom. The van der Waals surface area contributed by atoms with Crippen LogP contribution in [0, 0.1) is 27.7 Å². The summed E-state index contributed by atoms with van der Waals surface area (Å²) in [5.41, 5.74) is 18.2. The van der Waals surface area contributed by atoms with E-state index < -0.39 is 0 Å². The molecule has 0 unspecified atom stereocenters. The van der Waals surface area contributed by atoms with E-state index in [4.69, 9.17) is 0 Å². The normalized spacial score (nSPS) is 12.9. The molecule has 13 rings (SSSR count). The molecule has 0 radical (unpaired) electrons. The standard InChI is InChI=1S/C64H48N4/c1-37-21-5-9-25-41(37)53-57-45-29-13-15-31-47(45)59(65-57)54(42-26-10-6-22-38(42)2)61-49-33-17-19-35-51(49)63(67-61)56(44-28-12-8-24-40(44)4)64-52-36-20-18-34-50(52)62(68-64)55(43-27-11-7-23-39(43)3)60-48-32-16-14-30-46(48)58(53)66-60/h5-36,65-68H,1-4H3. The smallest absolute Gasteiger partial charge is 0.0566 e. The maximum absolute atomic E-state index is 4.25. The maximum atomic E-state index is 4.25. The third-order valence-electron chi connectivity index (χ3n) is 14.5. The lowest BCUT2D eigenvalue weighted by Gasteiger charge is -2.13. The zero-order valence-electron chi connectivity index (χ0n) is 38.5. The lowest BCUT2D eigenvalue weighted by Crippen LogP contribution is -2.20. The van der Waals surface area contributed by atoms with Crippen LogP contribution in [0.4, 0.5) is 0 Å². The first-order chi connectivity index (χ1) is 33.4. The highest BCUT2D eigenvalue weighted by molar-refractivity contribution is 6.09. The summed E-state index contributed by atoms with van der Waals surface area (Å²) in [6, 6.07) is 71.0. The first kappa shape index (κ1) is 39.7. The third kappa shape index (κ3) is 5.93. The number of nitrogens with one attached hydrogen (secondary N) is 4. The van der Waals surface area contributed by atoms with Crippen molar-refractivity contribution < 1.29 is 0 Å². The Morgan fingerprint density at radius 2 is 0.397 bits per heavy atom. The Balaban J connectivity index is 1.39. The van der Waals surface area contributed by atoms with Crippen molar-refractivity contribution in [1.82, 2.24) is 19.9 Å². The zero-order valence-corrected chi connectivity index (χ0v) is 38.5. The van der Waals surface area contributed by atoms with Crippen molar-refractivity contribution >= 4 is 65.4 Å². The molecule has 4 heteroatoms. The van der Waals surface area contributed by atoms with Gasteiger partial charge in [-0.25, -0.2) is 0 Å². The fourth-order valence-electron chi connectivity index (χ4n) is 11.3. The van der Waals surface area contributed by atoms with Gasteiger partial charge in [0.15, 0.2) is 0 Å². The van der Waals surface area contributed by atoms with E-state index in [1.807, 2.05) is 0 Å². The number of H-pyrrole nitrogens is 4. The van der Waals surface area contributed by atoms with Crippen LogP contribution in [0.1, 0.15) is 67.3 Å². The van der Waals surface area contributed by atoms with Gasteiger partial charge in [-0.1, -0.05) is 194 Å². The highest BCUT2D eigenvalue weighted by Gasteiger charge is 2.27. The molecule has 0 aliphatic heterocycles. The first-order valence-corrected chi connectivity index (χ1v) is 23.6. The lowest BCUT2D eigenvalue weighted by molar-refractivity contribution is 1.19. The topological polar surface area (TPSA) is 63.2 Å². The molecule has 4 N–H and O–H groups in total. The van der Waals surface area contributed by atoms with Crippen LogP contribution in [-0.2, 0) is 0 Å². The summed E-state index contributed by atoms with van der Waals surface area (Å²) in [7, 11) is 0. The van der Waals surface area contributed by atoms with E-state index in [1.165, 1.54) is 44.5 Å². The van der Waals surface area contributed by atoms with Crippen LogP contribution in [0.15, 0.2) is 194 Å². The molecule has 1 aliphatic rings. The Morgan fingerprint density at radius 3 is 0.618 bits per heavy atom. The number of hydrogen-bond acceptors (Lipinski definition) is 0. The van der Waals surface area contributed by atoms with Crippen molar-refractivity contribution in [3.8, 4) is 0 Å². The Bertz CT molecular complexity index is 3770. The largest absolute Gasteiger partial charge is 0.353 e. The van der Waals surface area contributed by atoms with Crippen LogP contribution in [0.2, 0.25) is 0 Å². The van der Waals surface area contributed by atoms with Crippen LogP contribution < -0.4 is 21.4 Å². The van der Waals surface area contributed by atoms with Crippen molar-refractivity contribution in [3.63, 3.8) is 0 Å². The molecule has 0 atom stereocenters. The molecular formula is C64H48N4. The molecule has 0 saturated heterocycles. The molecule has 0 fully saturated rings. The number of aryl methyl sites for hydroxylation is 4. The summed E-state index contributed by atoms with van der Waals surface area (Å²) >= 11 is 0. The van der Waals surface area contributed by atoms with Crippen LogP contribution >= 0.6 is 0 Å². The van der Waals surface area contributed by atoms with Gasteiger partial charge in [0, 0.05) is 65.4 Å². The van der Waals surface area contributed by atoms with Gasteiger partial charge in [0.2, 0.25) is 0 Å². The van der Waals surface area contributed by atoms with Gasteiger partial charge in [-0.15, -0.1) is 0 Å². The lowest BCUT2D eigenvalue weighted by atomic mass is 9.93. The minimum atomic E-state index is 1.06. The molecule has 4 nitrogen and oxygen atoms in total. The van der Waals surface area contributed by atoms with Crippen LogP contribution in [-0.4, -0.2) is 19.9 Å². The molecule has 4 heterocycles. The second-order valence-corrected chi connectivity index (χ2v) is 18.4. The van der Waals surface area contributed by atoms with Crippen molar-refractivity contribution in [2.45, 2.75) is 27.7 Å². The molecule has 12 aromatic rings. The number of aromatic nitrogens is 4. The van der Waals surface area contributed by atoms with E-state index >= 15 is 0 Å². The quantitative estimate of drug-likeness (QED) is 0.136. The van der Waals surface area contributed by atoms with Gasteiger partial charge in [-0.2, -0.15) is 0 Å². The van der Waals surface area contributed by atoms with E-state index in [-0.39, 0.29) is 0 Å². The predicted molar refractivity (Wildman–Crippen MR) is 283 cm³/mol. The van der Waals surface area contributed by atoms with Crippen molar-refractivity contribution in [2.75, 3.05) is 0 Å². The molecule has 0 saturated carbocycles. The fourth-order valence-corrected chi connectivity index (χ4v) is 11.3. The molecular weight excluding hydrogens is 825 g/mol. The molecule has 4 aromatic heterocycles. The van der Waals surface area contributed by atoms with E-state index in [9.17, 15) is 0 Å². The van der Waals surface area contributed by atoms with Crippen LogP contribution in [0.5, 0.6) is 0 Å². The maximum Gasteiger partial charge on any atom is 0.0566 e. The molecule has 8 bridgehead atoms. The number of aromatic amines is 4. The Kier molecular flexibility index (Phi) is 9.06. The number of benzene rings is 8. The van der Waals surface area contributed by atoms with E-state index in [0.717, 1.165) is 110 Å². The Hall–Kier alpha value is -8.60. The summed E-state index contributed by atoms with van der Waals surface area (Å²) in [5.74, 6) is 0. The van der Waals surface area contributed by atoms with Gasteiger partial charge in [-0.05, 0) is 72.2 Å². The van der Waals surface area contributed by atoms with Crippen molar-refractivity contribution in [2.24, 2.45) is 0 Å². The summed E-state index contributed by atoms with van der Waals surface area (Å²) in [6.45, 7) is 8.93. The highest BCUT2D eigenvalue weighted by atomic mass is 14.8. The second-order valence-electron chi connectivity index (χ2n) is 18.4. The number of hydrogen-bond donors (Lipinski definition) is 4. The average molecular weight is 873 g/mol. The van der Waals surface area contributed by atoms with Crippen molar-refractivity contribution in [1.29, 1.82) is 0 Å². The highest BCUT2D eigenvalue weighted by Crippen LogP contribution is 2.39. The van der Waals surface area contributed by atoms with E-state index in [0.29, 0.717) is 0 Å². The van der Waals surface area contributed by atoms with E-state index in [2.05, 4.69) is 242 Å². The summed E-state index contributed by atoms with van der Waals surface area (Å²) in [6.07, 6.45) is 0. The second kappa shape index (κ2) is 15.5. The molecule has 0 amide bonds. The molecule has 0 spiro atoms. The molecule has 8 aromatic carbocycles. The summed E-state index contributed by atoms with van der Waals surface area (Å²) in [5, 5.41) is 13.5. The summed E-state index contributed by atoms with van der Waals surface area (Å²) < 4.78 is 0. The van der Waals surface area contributed by atoms with Gasteiger partial charge < -0.3 is 19.9 Å². The summed E-state index contributed by atoms with van der Waals surface area (Å²) in [4.78, 5) is 17.0. The average Bonchev–Trinajstić information content (AvgIpc) is 4.14. The zero-order chi connectivity index (χ0) is 45.6. The monoisotopic (exact) mass is 872 g/mol. The van der Waals surface area contributed by atoms with Crippen LogP contribution in [0.25, 0.3) is 65.4 Å². The minimum Gasteiger partial charge on any atom is -0.353 e. The van der Waals surface area contributed by atoms with Gasteiger partial charge in [0.25, 0.3) is 0 Å². The van der Waals surface area contributed by atoms with Gasteiger partial charge in [0.05, 0.1) is 44.2 Å². The molecule has 324 valence electrons. The van der Waals surface area contributed by atoms with Crippen LogP contribution in [0.3, 0.4) is 0 Å². The van der Waals surface area contributed by atoms with Crippen molar-refractivity contribution in [3.05, 3.63) is 283 Å². The van der Waals surface area contributed by atoms with Gasteiger partial charge in [0.1, 0.15) is 0 Å². The first-order valence-electron chi connectivity index (χ1n) is 23.6. The van der Waals surface area contributed by atoms with Gasteiger partial charge >= 0.3 is 0 Å². The minimum absolute atomic E-state index is 1.06.